The number of ether oxygens (including phenoxy) is 2. The van der Waals surface area contributed by atoms with Crippen LogP contribution in [0.15, 0.2) is 77.0 Å². The average molecular weight is 548 g/mol. The Kier molecular flexibility index (Phi) is 11.2. The minimum Gasteiger partial charge on any atom is -0.494 e. The highest BCUT2D eigenvalue weighted by Gasteiger charge is 2.14. The van der Waals surface area contributed by atoms with Gasteiger partial charge < -0.3 is 24.6 Å². The number of aromatic carboxylic acids is 2. The summed E-state index contributed by atoms with van der Waals surface area (Å²) < 4.78 is 10.9. The number of hydrogen-bond acceptors (Lipinski definition) is 8. The number of unbranched alkanes of at least 4 members (excludes halogenated alkanes) is 2. The van der Waals surface area contributed by atoms with Gasteiger partial charge in [-0.3, -0.25) is 4.79 Å². The van der Waals surface area contributed by atoms with Gasteiger partial charge in [0.05, 0.1) is 29.1 Å². The van der Waals surface area contributed by atoms with Crippen LogP contribution in [0.4, 0.5) is 17.1 Å². The minimum atomic E-state index is -1.31. The molecule has 0 unspecified atom stereocenters. The molecule has 0 saturated carbocycles. The maximum atomic E-state index is 12.1. The highest BCUT2D eigenvalue weighted by Crippen LogP contribution is 2.24. The molecular weight excluding hydrogens is 514 g/mol. The van der Waals surface area contributed by atoms with Crippen LogP contribution in [0.25, 0.3) is 0 Å². The number of azo groups is 1. The Morgan fingerprint density at radius 1 is 0.725 bits per heavy atom. The number of carboxylic acids is 2. The normalized spacial score (nSPS) is 10.8. The van der Waals surface area contributed by atoms with Crippen LogP contribution in [-0.2, 0) is 4.79 Å². The smallest absolute Gasteiger partial charge is 0.335 e. The van der Waals surface area contributed by atoms with E-state index in [1.54, 1.807) is 0 Å². The summed E-state index contributed by atoms with van der Waals surface area (Å²) in [6, 6.07) is 18.5. The van der Waals surface area contributed by atoms with Crippen LogP contribution in [0.5, 0.6) is 11.5 Å². The van der Waals surface area contributed by atoms with Crippen molar-refractivity contribution in [2.45, 2.75) is 39.5 Å². The predicted octanol–water partition coefficient (Wildman–Crippen LogP) is 6.89. The number of carboxylic acid groups (broad SMARTS) is 2. The highest BCUT2D eigenvalue weighted by molar-refractivity contribution is 5.94. The molecule has 40 heavy (non-hydrogen) atoms. The maximum absolute atomic E-state index is 12.1. The molecule has 0 spiro atoms. The topological polar surface area (TPSA) is 138 Å². The third-order valence-electron chi connectivity index (χ3n) is 6.02. The summed E-state index contributed by atoms with van der Waals surface area (Å²) in [7, 11) is 0. The van der Waals surface area contributed by atoms with Crippen LogP contribution in [-0.4, -0.2) is 47.8 Å². The van der Waals surface area contributed by atoms with Gasteiger partial charge in [0.1, 0.15) is 11.5 Å². The lowest BCUT2D eigenvalue weighted by Gasteiger charge is -2.20. The van der Waals surface area contributed by atoms with Crippen molar-refractivity contribution in [1.29, 1.82) is 0 Å². The Labute approximate surface area is 232 Å². The predicted molar refractivity (Wildman–Crippen MR) is 151 cm³/mol. The van der Waals surface area contributed by atoms with Gasteiger partial charge in [-0.05, 0) is 99.8 Å². The quantitative estimate of drug-likeness (QED) is 0.0908. The lowest BCUT2D eigenvalue weighted by atomic mass is 10.1. The molecule has 10 nitrogen and oxygen atoms in total. The van der Waals surface area contributed by atoms with E-state index in [-0.39, 0.29) is 23.3 Å². The van der Waals surface area contributed by atoms with Gasteiger partial charge in [-0.2, -0.15) is 10.2 Å². The number of esters is 1. The molecule has 0 amide bonds. The molecule has 0 aromatic heterocycles. The molecule has 3 aromatic rings. The molecule has 0 saturated heterocycles. The number of hydrogen-bond donors (Lipinski definition) is 2. The second kappa shape index (κ2) is 15.0. The van der Waals surface area contributed by atoms with E-state index in [0.717, 1.165) is 49.1 Å². The SMILES string of the molecule is CCN(CC)c1ccc(N=Nc2ccc(OCCCCCC(=O)Oc3cc(C(=O)O)cc(C(=O)O)c3)cc2)cc1. The van der Waals surface area contributed by atoms with Crippen molar-refractivity contribution in [3.8, 4) is 11.5 Å². The second-order valence-electron chi connectivity index (χ2n) is 8.87. The Morgan fingerprint density at radius 2 is 1.27 bits per heavy atom. The van der Waals surface area contributed by atoms with Crippen LogP contribution in [0, 0.1) is 0 Å². The van der Waals surface area contributed by atoms with Gasteiger partial charge in [-0.15, -0.1) is 0 Å². The summed E-state index contributed by atoms with van der Waals surface area (Å²) in [5, 5.41) is 26.8. The van der Waals surface area contributed by atoms with E-state index in [4.69, 9.17) is 19.7 Å². The van der Waals surface area contributed by atoms with Gasteiger partial charge in [0.25, 0.3) is 0 Å². The van der Waals surface area contributed by atoms with Crippen molar-refractivity contribution in [2.24, 2.45) is 10.2 Å². The molecule has 210 valence electrons. The van der Waals surface area contributed by atoms with E-state index in [1.807, 2.05) is 48.5 Å². The largest absolute Gasteiger partial charge is 0.494 e. The average Bonchev–Trinajstić information content (AvgIpc) is 2.95. The zero-order chi connectivity index (χ0) is 28.9. The summed E-state index contributed by atoms with van der Waals surface area (Å²) in [5.41, 5.74) is 2.11. The highest BCUT2D eigenvalue weighted by atomic mass is 16.5. The first kappa shape index (κ1) is 29.8. The van der Waals surface area contributed by atoms with Gasteiger partial charge in [0, 0.05) is 25.2 Å². The lowest BCUT2D eigenvalue weighted by Crippen LogP contribution is -2.21. The first-order valence-electron chi connectivity index (χ1n) is 13.1. The third-order valence-corrected chi connectivity index (χ3v) is 6.02. The fourth-order valence-corrected chi connectivity index (χ4v) is 3.87. The number of anilines is 1. The fourth-order valence-electron chi connectivity index (χ4n) is 3.87. The van der Waals surface area contributed by atoms with E-state index >= 15 is 0 Å². The number of nitrogens with zero attached hydrogens (tertiary/aromatic N) is 3. The van der Waals surface area contributed by atoms with Crippen LogP contribution in [0.2, 0.25) is 0 Å². The first-order valence-corrected chi connectivity index (χ1v) is 13.1. The Hall–Kier alpha value is -4.73. The number of carbonyl (C=O) groups excluding carboxylic acids is 1. The molecule has 0 aliphatic rings. The third kappa shape index (κ3) is 9.23. The summed E-state index contributed by atoms with van der Waals surface area (Å²) in [6.07, 6.45) is 2.08. The van der Waals surface area contributed by atoms with E-state index in [1.165, 1.54) is 0 Å². The molecule has 3 rings (SSSR count). The molecule has 0 aliphatic carbocycles. The van der Waals surface area contributed by atoms with Crippen molar-refractivity contribution in [3.63, 3.8) is 0 Å². The van der Waals surface area contributed by atoms with Crippen molar-refractivity contribution in [1.82, 2.24) is 0 Å². The number of benzene rings is 3. The zero-order valence-corrected chi connectivity index (χ0v) is 22.6. The molecule has 0 radical (unpaired) electrons. The van der Waals surface area contributed by atoms with E-state index in [0.29, 0.717) is 30.9 Å². The second-order valence-corrected chi connectivity index (χ2v) is 8.87. The molecule has 0 bridgehead atoms. The van der Waals surface area contributed by atoms with Gasteiger partial charge in [-0.25, -0.2) is 9.59 Å². The van der Waals surface area contributed by atoms with Crippen LogP contribution in [0.1, 0.15) is 60.2 Å². The van der Waals surface area contributed by atoms with Crippen molar-refractivity contribution < 1.29 is 34.1 Å². The summed E-state index contributed by atoms with van der Waals surface area (Å²) in [5.74, 6) is -2.59. The Bertz CT molecular complexity index is 1290. The van der Waals surface area contributed by atoms with Crippen molar-refractivity contribution >= 4 is 35.0 Å². The van der Waals surface area contributed by atoms with Crippen molar-refractivity contribution in [2.75, 3.05) is 24.6 Å². The number of carbonyl (C=O) groups is 3. The molecule has 10 heteroatoms. The van der Waals surface area contributed by atoms with Gasteiger partial charge in [0.15, 0.2) is 0 Å². The Morgan fingerprint density at radius 3 is 1.80 bits per heavy atom. The van der Waals surface area contributed by atoms with Crippen LogP contribution < -0.4 is 14.4 Å². The standard InChI is InChI=1S/C30H33N3O7/c1-3-33(4-2)25-13-9-23(10-14-25)31-32-24-11-15-26(16-12-24)39-17-7-5-6-8-28(34)40-27-19-21(29(35)36)18-22(20-27)30(37)38/h9-16,18-20H,3-8,17H2,1-2H3,(H,35,36)(H,37,38). The molecule has 2 N–H and O–H groups in total. The molecule has 0 fully saturated rings. The van der Waals surface area contributed by atoms with Crippen molar-refractivity contribution in [3.05, 3.63) is 77.9 Å². The molecule has 0 atom stereocenters. The van der Waals surface area contributed by atoms with Crippen LogP contribution >= 0.6 is 0 Å². The molecular formula is C30H33N3O7. The first-order chi connectivity index (χ1) is 19.3. The summed E-state index contributed by atoms with van der Waals surface area (Å²) in [6.45, 7) is 6.62. The Balaban J connectivity index is 1.37. The van der Waals surface area contributed by atoms with Gasteiger partial charge in [0.2, 0.25) is 0 Å². The van der Waals surface area contributed by atoms with Gasteiger partial charge in [-0.1, -0.05) is 0 Å². The molecule has 0 aliphatic heterocycles. The van der Waals surface area contributed by atoms with E-state index < -0.39 is 17.9 Å². The number of rotatable bonds is 15. The van der Waals surface area contributed by atoms with E-state index in [9.17, 15) is 14.4 Å². The van der Waals surface area contributed by atoms with Crippen LogP contribution in [0.3, 0.4) is 0 Å². The fraction of sp³-hybridized carbons (Fsp3) is 0.300. The summed E-state index contributed by atoms with van der Waals surface area (Å²) >= 11 is 0. The molecule has 3 aromatic carbocycles. The van der Waals surface area contributed by atoms with Gasteiger partial charge >= 0.3 is 17.9 Å². The molecule has 0 heterocycles. The lowest BCUT2D eigenvalue weighted by molar-refractivity contribution is -0.134. The maximum Gasteiger partial charge on any atom is 0.335 e. The van der Waals surface area contributed by atoms with E-state index in [2.05, 4.69) is 29.0 Å². The summed E-state index contributed by atoms with van der Waals surface area (Å²) in [4.78, 5) is 36.7. The zero-order valence-electron chi connectivity index (χ0n) is 22.6. The minimum absolute atomic E-state index is 0.109. The monoisotopic (exact) mass is 547 g/mol.